The van der Waals surface area contributed by atoms with Gasteiger partial charge in [-0.2, -0.15) is 0 Å². The molecule has 4 N–H and O–H groups in total. The predicted octanol–water partition coefficient (Wildman–Crippen LogP) is -1.13. The third-order valence-electron chi connectivity index (χ3n) is 3.13. The molecule has 1 aliphatic heterocycles. The van der Waals surface area contributed by atoms with E-state index < -0.39 is 30.5 Å². The van der Waals surface area contributed by atoms with Crippen molar-refractivity contribution in [3.8, 4) is 0 Å². The van der Waals surface area contributed by atoms with E-state index in [2.05, 4.69) is 0 Å². The fourth-order valence-electron chi connectivity index (χ4n) is 1.83. The van der Waals surface area contributed by atoms with Crippen LogP contribution in [0.3, 0.4) is 0 Å². The number of hydrogen-bond acceptors (Lipinski definition) is 5. The van der Waals surface area contributed by atoms with Gasteiger partial charge in [-0.3, -0.25) is 0 Å². The Morgan fingerprint density at radius 2 is 1.73 bits per heavy atom. The summed E-state index contributed by atoms with van der Waals surface area (Å²) in [6, 6.07) is 0. The van der Waals surface area contributed by atoms with Gasteiger partial charge >= 0.3 is 0 Å². The Bertz CT molecular complexity index is 196. The lowest BCUT2D eigenvalue weighted by Gasteiger charge is -2.42. The van der Waals surface area contributed by atoms with Gasteiger partial charge in [0.2, 0.25) is 0 Å². The minimum absolute atomic E-state index is 0.0659. The van der Waals surface area contributed by atoms with Crippen molar-refractivity contribution in [2.45, 2.75) is 50.8 Å². The van der Waals surface area contributed by atoms with Gasteiger partial charge in [0.25, 0.3) is 0 Å². The van der Waals surface area contributed by atoms with Crippen LogP contribution in [0.25, 0.3) is 0 Å². The highest BCUT2D eigenvalue weighted by Crippen LogP contribution is 2.27. The summed E-state index contributed by atoms with van der Waals surface area (Å²) in [5, 5.41) is 37.7. The van der Waals surface area contributed by atoms with Gasteiger partial charge in [0.1, 0.15) is 24.4 Å². The van der Waals surface area contributed by atoms with E-state index in [4.69, 9.17) is 9.84 Å². The molecule has 0 spiro atoms. The Kier molecular flexibility index (Phi) is 4.48. The molecule has 0 aromatic carbocycles. The van der Waals surface area contributed by atoms with Gasteiger partial charge in [0.15, 0.2) is 0 Å². The van der Waals surface area contributed by atoms with Crippen LogP contribution in [-0.2, 0) is 4.74 Å². The molecule has 0 amide bonds. The summed E-state index contributed by atoms with van der Waals surface area (Å²) in [7, 11) is 0. The lowest BCUT2D eigenvalue weighted by Crippen LogP contribution is -2.59. The molecule has 1 rings (SSSR count). The van der Waals surface area contributed by atoms with Gasteiger partial charge in [-0.05, 0) is 5.92 Å². The second-order valence-corrected chi connectivity index (χ2v) is 4.18. The molecule has 1 fully saturated rings. The molecule has 0 bridgehead atoms. The highest BCUT2D eigenvalue weighted by Gasteiger charge is 2.44. The van der Waals surface area contributed by atoms with Crippen LogP contribution in [0.5, 0.6) is 0 Å². The Labute approximate surface area is 89.3 Å². The Hall–Kier alpha value is -0.200. The van der Waals surface area contributed by atoms with Crippen molar-refractivity contribution < 1.29 is 25.2 Å². The molecule has 0 aromatic rings. The average Bonchev–Trinajstić information content (AvgIpc) is 2.25. The monoisotopic (exact) mass is 220 g/mol. The Balaban J connectivity index is 2.74. The minimum atomic E-state index is -1.25. The third kappa shape index (κ3) is 2.49. The van der Waals surface area contributed by atoms with Crippen molar-refractivity contribution in [2.75, 3.05) is 6.61 Å². The fourth-order valence-corrected chi connectivity index (χ4v) is 1.83. The van der Waals surface area contributed by atoms with Crippen molar-refractivity contribution in [3.63, 3.8) is 0 Å². The van der Waals surface area contributed by atoms with Crippen molar-refractivity contribution in [3.05, 3.63) is 0 Å². The summed E-state index contributed by atoms with van der Waals surface area (Å²) in [6.07, 6.45) is -4.14. The molecule has 5 heteroatoms. The number of aliphatic hydroxyl groups excluding tert-OH is 4. The van der Waals surface area contributed by atoms with Crippen LogP contribution >= 0.6 is 0 Å². The number of rotatable bonds is 3. The van der Waals surface area contributed by atoms with Gasteiger partial charge in [-0.25, -0.2) is 0 Å². The van der Waals surface area contributed by atoms with Crippen molar-refractivity contribution in [1.29, 1.82) is 0 Å². The summed E-state index contributed by atoms with van der Waals surface area (Å²) in [5.74, 6) is 0.0659. The van der Waals surface area contributed by atoms with Gasteiger partial charge in [-0.1, -0.05) is 20.3 Å². The van der Waals surface area contributed by atoms with Gasteiger partial charge in [0, 0.05) is 0 Å². The largest absolute Gasteiger partial charge is 0.394 e. The molecule has 5 nitrogen and oxygen atoms in total. The van der Waals surface area contributed by atoms with Gasteiger partial charge in [-0.15, -0.1) is 0 Å². The molecule has 0 aliphatic carbocycles. The van der Waals surface area contributed by atoms with Crippen molar-refractivity contribution in [2.24, 2.45) is 5.92 Å². The first-order valence-corrected chi connectivity index (χ1v) is 5.33. The van der Waals surface area contributed by atoms with Crippen LogP contribution in [0.4, 0.5) is 0 Å². The van der Waals surface area contributed by atoms with E-state index in [1.165, 1.54) is 0 Å². The molecule has 0 aromatic heterocycles. The summed E-state index contributed by atoms with van der Waals surface area (Å²) in [5.41, 5.74) is 0. The van der Waals surface area contributed by atoms with Gasteiger partial charge in [0.05, 0.1) is 12.7 Å². The summed E-state index contributed by atoms with van der Waals surface area (Å²) >= 11 is 0. The molecule has 3 unspecified atom stereocenters. The molecule has 0 radical (unpaired) electrons. The number of aliphatic hydroxyl groups is 4. The molecule has 90 valence electrons. The van der Waals surface area contributed by atoms with E-state index in [9.17, 15) is 15.3 Å². The molecule has 0 saturated carbocycles. The van der Waals surface area contributed by atoms with E-state index in [0.29, 0.717) is 0 Å². The zero-order valence-electron chi connectivity index (χ0n) is 9.08. The normalized spacial score (nSPS) is 44.0. The first-order chi connectivity index (χ1) is 7.02. The highest BCUT2D eigenvalue weighted by molar-refractivity contribution is 4.93. The molecular formula is C10H20O5. The van der Waals surface area contributed by atoms with E-state index in [0.717, 1.165) is 6.42 Å². The van der Waals surface area contributed by atoms with Crippen LogP contribution in [0.15, 0.2) is 0 Å². The number of ether oxygens (including phenoxy) is 1. The quantitative estimate of drug-likeness (QED) is 0.483. The smallest absolute Gasteiger partial charge is 0.111 e. The molecule has 6 atom stereocenters. The van der Waals surface area contributed by atoms with Gasteiger partial charge < -0.3 is 25.2 Å². The van der Waals surface area contributed by atoms with Crippen molar-refractivity contribution in [1.82, 2.24) is 0 Å². The minimum Gasteiger partial charge on any atom is -0.394 e. The standard InChI is InChI=1S/C10H20O5/c1-3-5(2)10-9(14)8(13)7(12)6(4-11)15-10/h5-14H,3-4H2,1-2H3/t5?,6?,7-,8-,9?,10-/m1/s1. The fraction of sp³-hybridized carbons (Fsp3) is 1.00. The SMILES string of the molecule is CCC(C)[C@H]1OC(CO)[C@@H](O)[C@@H](O)C1O. The summed E-state index contributed by atoms with van der Waals surface area (Å²) in [6.45, 7) is 3.48. The summed E-state index contributed by atoms with van der Waals surface area (Å²) < 4.78 is 5.37. The second-order valence-electron chi connectivity index (χ2n) is 4.18. The van der Waals surface area contributed by atoms with E-state index >= 15 is 0 Å². The van der Waals surface area contributed by atoms with E-state index in [1.54, 1.807) is 0 Å². The topological polar surface area (TPSA) is 90.2 Å². The molecule has 1 aliphatic rings. The average molecular weight is 220 g/mol. The lowest BCUT2D eigenvalue weighted by atomic mass is 9.87. The lowest BCUT2D eigenvalue weighted by molar-refractivity contribution is -0.239. The zero-order valence-corrected chi connectivity index (χ0v) is 9.08. The predicted molar refractivity (Wildman–Crippen MR) is 53.2 cm³/mol. The van der Waals surface area contributed by atoms with Crippen LogP contribution in [0.1, 0.15) is 20.3 Å². The number of hydrogen-bond donors (Lipinski definition) is 4. The zero-order chi connectivity index (χ0) is 11.6. The molecule has 1 heterocycles. The third-order valence-corrected chi connectivity index (χ3v) is 3.13. The van der Waals surface area contributed by atoms with E-state index in [-0.39, 0.29) is 12.5 Å². The van der Waals surface area contributed by atoms with Crippen molar-refractivity contribution >= 4 is 0 Å². The van der Waals surface area contributed by atoms with Crippen LogP contribution in [0.2, 0.25) is 0 Å². The van der Waals surface area contributed by atoms with E-state index in [1.807, 2.05) is 13.8 Å². The molecular weight excluding hydrogens is 200 g/mol. The Morgan fingerprint density at radius 3 is 2.20 bits per heavy atom. The maximum atomic E-state index is 9.71. The van der Waals surface area contributed by atoms with Crippen LogP contribution in [0, 0.1) is 5.92 Å². The highest BCUT2D eigenvalue weighted by atomic mass is 16.5. The second kappa shape index (κ2) is 5.23. The van der Waals surface area contributed by atoms with Crippen LogP contribution in [-0.4, -0.2) is 57.6 Å². The summed E-state index contributed by atoms with van der Waals surface area (Å²) in [4.78, 5) is 0. The first kappa shape index (κ1) is 12.9. The molecule has 1 saturated heterocycles. The maximum Gasteiger partial charge on any atom is 0.111 e. The maximum absolute atomic E-state index is 9.71. The van der Waals surface area contributed by atoms with Crippen LogP contribution < -0.4 is 0 Å². The Morgan fingerprint density at radius 1 is 1.13 bits per heavy atom. The molecule has 15 heavy (non-hydrogen) atoms. The first-order valence-electron chi connectivity index (χ1n) is 5.33.